The molecule has 1 rings (SSSR count). The van der Waals surface area contributed by atoms with E-state index in [0.29, 0.717) is 6.42 Å². The van der Waals surface area contributed by atoms with E-state index in [-0.39, 0.29) is 24.6 Å². The van der Waals surface area contributed by atoms with Gasteiger partial charge in [0.25, 0.3) is 0 Å². The van der Waals surface area contributed by atoms with Crippen LogP contribution in [-0.2, 0) is 14.8 Å². The van der Waals surface area contributed by atoms with Gasteiger partial charge >= 0.3 is 0 Å². The minimum Gasteiger partial charge on any atom is -0.325 e. The highest BCUT2D eigenvalue weighted by Gasteiger charge is 2.35. The number of rotatable bonds is 3. The number of nitrogens with zero attached hydrogens (tertiary/aromatic N) is 1. The molecule has 0 aromatic rings. The number of sulfonamides is 1. The normalized spacial score (nSPS) is 21.6. The summed E-state index contributed by atoms with van der Waals surface area (Å²) in [5.41, 5.74) is 5.27. The molecule has 0 spiro atoms. The number of nitrogens with two attached hydrogens (primary N) is 1. The number of amides is 1. The van der Waals surface area contributed by atoms with Crippen LogP contribution >= 0.6 is 0 Å². The number of carbonyl (C=O) groups is 1. The molecule has 0 radical (unpaired) electrons. The third-order valence-corrected chi connectivity index (χ3v) is 3.92. The first-order chi connectivity index (χ1) is 6.22. The molecule has 82 valence electrons. The summed E-state index contributed by atoms with van der Waals surface area (Å²) in [6.07, 6.45) is 0.589. The number of hydrogen-bond acceptors (Lipinski definition) is 4. The van der Waals surface area contributed by atoms with Gasteiger partial charge in [-0.3, -0.25) is 4.79 Å². The van der Waals surface area contributed by atoms with E-state index in [2.05, 4.69) is 0 Å². The molecule has 1 aliphatic heterocycles. The Balaban J connectivity index is 2.64. The molecular weight excluding hydrogens is 204 g/mol. The van der Waals surface area contributed by atoms with Crippen molar-refractivity contribution in [3.8, 4) is 0 Å². The van der Waals surface area contributed by atoms with Gasteiger partial charge in [-0.25, -0.2) is 12.7 Å². The number of hydrogen-bond donors (Lipinski definition) is 1. The Hall–Kier alpha value is -0.620. The van der Waals surface area contributed by atoms with Crippen LogP contribution in [0.5, 0.6) is 0 Å². The second-order valence-electron chi connectivity index (χ2n) is 4.27. The SMILES string of the molecule is CC(C)(N)CCN1C(=O)CCS1(=O)=O. The minimum atomic E-state index is -3.33. The van der Waals surface area contributed by atoms with E-state index in [1.165, 1.54) is 0 Å². The van der Waals surface area contributed by atoms with Gasteiger partial charge in [0.1, 0.15) is 0 Å². The summed E-state index contributed by atoms with van der Waals surface area (Å²) >= 11 is 0. The van der Waals surface area contributed by atoms with Crippen LogP contribution in [0.25, 0.3) is 0 Å². The first-order valence-electron chi connectivity index (χ1n) is 4.54. The molecule has 5 nitrogen and oxygen atoms in total. The van der Waals surface area contributed by atoms with Crippen molar-refractivity contribution in [2.24, 2.45) is 5.73 Å². The van der Waals surface area contributed by atoms with Gasteiger partial charge < -0.3 is 5.73 Å². The lowest BCUT2D eigenvalue weighted by Crippen LogP contribution is -2.39. The van der Waals surface area contributed by atoms with Crippen molar-refractivity contribution < 1.29 is 13.2 Å². The molecule has 0 atom stereocenters. The summed E-state index contributed by atoms with van der Waals surface area (Å²) < 4.78 is 23.7. The van der Waals surface area contributed by atoms with Crippen LogP contribution in [0.3, 0.4) is 0 Å². The second-order valence-corrected chi connectivity index (χ2v) is 6.28. The fourth-order valence-corrected chi connectivity index (χ4v) is 2.68. The van der Waals surface area contributed by atoms with Crippen LogP contribution in [0.4, 0.5) is 0 Å². The summed E-state index contributed by atoms with van der Waals surface area (Å²) in [6.45, 7) is 3.81. The Morgan fingerprint density at radius 1 is 1.50 bits per heavy atom. The third kappa shape index (κ3) is 2.68. The van der Waals surface area contributed by atoms with Crippen LogP contribution < -0.4 is 5.73 Å². The summed E-state index contributed by atoms with van der Waals surface area (Å²) in [7, 11) is -3.33. The van der Waals surface area contributed by atoms with Gasteiger partial charge in [-0.2, -0.15) is 0 Å². The van der Waals surface area contributed by atoms with Crippen molar-refractivity contribution in [3.05, 3.63) is 0 Å². The number of carbonyl (C=O) groups excluding carboxylic acids is 1. The standard InChI is InChI=1S/C8H16N2O3S/c1-8(2,9)4-5-10-7(11)3-6-14(10,12)13/h3-6,9H2,1-2H3. The van der Waals surface area contributed by atoms with E-state index >= 15 is 0 Å². The first kappa shape index (κ1) is 11.5. The Morgan fingerprint density at radius 2 is 2.07 bits per heavy atom. The van der Waals surface area contributed by atoms with Gasteiger partial charge in [0.15, 0.2) is 0 Å². The predicted molar refractivity (Wildman–Crippen MR) is 53.0 cm³/mol. The molecule has 0 saturated carbocycles. The first-order valence-corrected chi connectivity index (χ1v) is 6.15. The summed E-state index contributed by atoms with van der Waals surface area (Å²) in [4.78, 5) is 11.2. The van der Waals surface area contributed by atoms with Crippen LogP contribution in [0.15, 0.2) is 0 Å². The van der Waals surface area contributed by atoms with Gasteiger partial charge in [-0.05, 0) is 20.3 Å². The van der Waals surface area contributed by atoms with Crippen LogP contribution in [0.1, 0.15) is 26.7 Å². The molecule has 1 fully saturated rings. The van der Waals surface area contributed by atoms with Crippen molar-refractivity contribution >= 4 is 15.9 Å². The van der Waals surface area contributed by atoms with Gasteiger partial charge in [0, 0.05) is 18.5 Å². The molecule has 1 saturated heterocycles. The quantitative estimate of drug-likeness (QED) is 0.706. The van der Waals surface area contributed by atoms with Crippen molar-refractivity contribution in [3.63, 3.8) is 0 Å². The van der Waals surface area contributed by atoms with Crippen LogP contribution in [0, 0.1) is 0 Å². The maximum absolute atomic E-state index is 11.4. The molecule has 0 unspecified atom stereocenters. The van der Waals surface area contributed by atoms with Crippen LogP contribution in [-0.4, -0.2) is 36.5 Å². The highest BCUT2D eigenvalue weighted by molar-refractivity contribution is 7.90. The highest BCUT2D eigenvalue weighted by atomic mass is 32.2. The summed E-state index contributed by atoms with van der Waals surface area (Å²) in [5, 5.41) is 0. The average Bonchev–Trinajstić information content (AvgIpc) is 2.22. The molecular formula is C8H16N2O3S. The lowest BCUT2D eigenvalue weighted by molar-refractivity contribution is -0.125. The fraction of sp³-hybridized carbons (Fsp3) is 0.875. The molecule has 1 heterocycles. The molecule has 0 aromatic heterocycles. The zero-order valence-electron chi connectivity index (χ0n) is 8.49. The topological polar surface area (TPSA) is 80.5 Å². The van der Waals surface area contributed by atoms with Crippen molar-refractivity contribution in [1.82, 2.24) is 4.31 Å². The van der Waals surface area contributed by atoms with Crippen molar-refractivity contribution in [2.75, 3.05) is 12.3 Å². The molecule has 6 heteroatoms. The van der Waals surface area contributed by atoms with Crippen molar-refractivity contribution in [2.45, 2.75) is 32.2 Å². The van der Waals surface area contributed by atoms with Crippen molar-refractivity contribution in [1.29, 1.82) is 0 Å². The van der Waals surface area contributed by atoms with E-state index < -0.39 is 15.6 Å². The molecule has 1 aliphatic rings. The maximum Gasteiger partial charge on any atom is 0.237 e. The second kappa shape index (κ2) is 3.51. The third-order valence-electron chi connectivity index (χ3n) is 2.15. The molecule has 0 aliphatic carbocycles. The van der Waals surface area contributed by atoms with Gasteiger partial charge in [0.2, 0.25) is 15.9 Å². The van der Waals surface area contributed by atoms with E-state index in [1.807, 2.05) is 0 Å². The van der Waals surface area contributed by atoms with Gasteiger partial charge in [0.05, 0.1) is 5.75 Å². The summed E-state index contributed by atoms with van der Waals surface area (Å²) in [5.74, 6) is -0.370. The van der Waals surface area contributed by atoms with Crippen LogP contribution in [0.2, 0.25) is 0 Å². The van der Waals surface area contributed by atoms with E-state index in [9.17, 15) is 13.2 Å². The Kier molecular flexibility index (Phi) is 2.87. The summed E-state index contributed by atoms with van der Waals surface area (Å²) in [6, 6.07) is 0. The van der Waals surface area contributed by atoms with E-state index in [1.54, 1.807) is 13.8 Å². The largest absolute Gasteiger partial charge is 0.325 e. The molecule has 14 heavy (non-hydrogen) atoms. The maximum atomic E-state index is 11.4. The minimum absolute atomic E-state index is 0.0587. The predicted octanol–water partition coefficient (Wildman–Crippen LogP) is -0.324. The molecule has 0 aromatic carbocycles. The smallest absolute Gasteiger partial charge is 0.237 e. The Morgan fingerprint density at radius 3 is 2.43 bits per heavy atom. The molecule has 1 amide bonds. The van der Waals surface area contributed by atoms with E-state index in [0.717, 1.165) is 4.31 Å². The van der Waals surface area contributed by atoms with E-state index in [4.69, 9.17) is 5.73 Å². The Bertz CT molecular complexity index is 329. The van der Waals surface area contributed by atoms with Gasteiger partial charge in [-0.1, -0.05) is 0 Å². The fourth-order valence-electron chi connectivity index (χ4n) is 1.26. The highest BCUT2D eigenvalue weighted by Crippen LogP contribution is 2.17. The monoisotopic (exact) mass is 220 g/mol. The lowest BCUT2D eigenvalue weighted by Gasteiger charge is -2.22. The van der Waals surface area contributed by atoms with Gasteiger partial charge in [-0.15, -0.1) is 0 Å². The Labute approximate surface area is 84.3 Å². The molecule has 0 bridgehead atoms. The lowest BCUT2D eigenvalue weighted by atomic mass is 10.0. The zero-order chi connectivity index (χ0) is 11.0. The average molecular weight is 220 g/mol. The molecule has 2 N–H and O–H groups in total. The zero-order valence-corrected chi connectivity index (χ0v) is 9.30.